The monoisotopic (exact) mass is 274 g/mol. The summed E-state index contributed by atoms with van der Waals surface area (Å²) in [5, 5.41) is 1.24. The first-order valence-corrected chi connectivity index (χ1v) is 7.12. The maximum absolute atomic E-state index is 11.6. The molecule has 1 amide bonds. The minimum atomic E-state index is -0.0505. The van der Waals surface area contributed by atoms with Crippen LogP contribution < -0.4 is 5.48 Å². The SMILES string of the molecule is CC(C)CONC(=O)CCCc1c[nH]c2ccccc12. The molecule has 0 fully saturated rings. The van der Waals surface area contributed by atoms with Gasteiger partial charge in [0, 0.05) is 23.5 Å². The van der Waals surface area contributed by atoms with Gasteiger partial charge in [0.1, 0.15) is 0 Å². The van der Waals surface area contributed by atoms with Gasteiger partial charge >= 0.3 is 0 Å². The number of para-hydroxylation sites is 1. The molecule has 0 bridgehead atoms. The standard InChI is InChI=1S/C16H22N2O2/c1-12(2)11-20-18-16(19)9-5-6-13-10-17-15-8-4-3-7-14(13)15/h3-4,7-8,10,12,17H,5-6,9,11H2,1-2H3,(H,18,19). The van der Waals surface area contributed by atoms with Gasteiger partial charge in [0.25, 0.3) is 0 Å². The van der Waals surface area contributed by atoms with Gasteiger partial charge in [0.15, 0.2) is 0 Å². The first-order chi connectivity index (χ1) is 9.66. The number of carbonyl (C=O) groups excluding carboxylic acids is 1. The van der Waals surface area contributed by atoms with Gasteiger partial charge in [-0.25, -0.2) is 5.48 Å². The van der Waals surface area contributed by atoms with Gasteiger partial charge in [-0.2, -0.15) is 0 Å². The van der Waals surface area contributed by atoms with Crippen molar-refractivity contribution >= 4 is 16.8 Å². The molecule has 0 aliphatic rings. The van der Waals surface area contributed by atoms with E-state index in [-0.39, 0.29) is 5.91 Å². The van der Waals surface area contributed by atoms with E-state index in [0.717, 1.165) is 18.4 Å². The van der Waals surface area contributed by atoms with Gasteiger partial charge < -0.3 is 4.98 Å². The number of aromatic nitrogens is 1. The lowest BCUT2D eigenvalue weighted by atomic mass is 10.1. The Morgan fingerprint density at radius 1 is 1.35 bits per heavy atom. The van der Waals surface area contributed by atoms with E-state index in [1.54, 1.807) is 0 Å². The molecule has 0 aliphatic carbocycles. The van der Waals surface area contributed by atoms with Crippen molar-refractivity contribution in [2.45, 2.75) is 33.1 Å². The Labute approximate surface area is 119 Å². The van der Waals surface area contributed by atoms with E-state index in [0.29, 0.717) is 18.9 Å². The Morgan fingerprint density at radius 2 is 2.15 bits per heavy atom. The molecule has 1 heterocycles. The average molecular weight is 274 g/mol. The van der Waals surface area contributed by atoms with Crippen LogP contribution in [0.4, 0.5) is 0 Å². The second-order valence-corrected chi connectivity index (χ2v) is 5.44. The summed E-state index contributed by atoms with van der Waals surface area (Å²) in [5.74, 6) is 0.368. The second kappa shape index (κ2) is 7.10. The van der Waals surface area contributed by atoms with Crippen molar-refractivity contribution in [2.75, 3.05) is 6.61 Å². The summed E-state index contributed by atoms with van der Waals surface area (Å²) in [6, 6.07) is 8.21. The van der Waals surface area contributed by atoms with Crippen LogP contribution in [0.15, 0.2) is 30.5 Å². The van der Waals surface area contributed by atoms with Crippen LogP contribution in [0.1, 0.15) is 32.3 Å². The topological polar surface area (TPSA) is 54.1 Å². The van der Waals surface area contributed by atoms with Gasteiger partial charge in [0.2, 0.25) is 5.91 Å². The van der Waals surface area contributed by atoms with Crippen molar-refractivity contribution in [2.24, 2.45) is 5.92 Å². The minimum absolute atomic E-state index is 0.0505. The Balaban J connectivity index is 1.74. The third-order valence-electron chi connectivity index (χ3n) is 3.13. The highest BCUT2D eigenvalue weighted by atomic mass is 16.6. The van der Waals surface area contributed by atoms with E-state index in [4.69, 9.17) is 4.84 Å². The van der Waals surface area contributed by atoms with Crippen LogP contribution in [0.25, 0.3) is 10.9 Å². The summed E-state index contributed by atoms with van der Waals surface area (Å²) < 4.78 is 0. The van der Waals surface area contributed by atoms with E-state index >= 15 is 0 Å². The molecule has 0 aliphatic heterocycles. The third-order valence-corrected chi connectivity index (χ3v) is 3.13. The Morgan fingerprint density at radius 3 is 2.95 bits per heavy atom. The summed E-state index contributed by atoms with van der Waals surface area (Å²) >= 11 is 0. The van der Waals surface area contributed by atoms with Crippen LogP contribution in [0.3, 0.4) is 0 Å². The second-order valence-electron chi connectivity index (χ2n) is 5.44. The Hall–Kier alpha value is -1.81. The molecule has 4 nitrogen and oxygen atoms in total. The molecule has 108 valence electrons. The van der Waals surface area contributed by atoms with Gasteiger partial charge in [-0.15, -0.1) is 0 Å². The normalized spacial score (nSPS) is 11.2. The van der Waals surface area contributed by atoms with Crippen LogP contribution in [-0.4, -0.2) is 17.5 Å². The number of hydrogen-bond acceptors (Lipinski definition) is 2. The zero-order chi connectivity index (χ0) is 14.4. The highest BCUT2D eigenvalue weighted by molar-refractivity contribution is 5.83. The molecule has 2 N–H and O–H groups in total. The van der Waals surface area contributed by atoms with Crippen molar-refractivity contribution in [1.82, 2.24) is 10.5 Å². The molecule has 0 saturated heterocycles. The molecular formula is C16H22N2O2. The number of nitrogens with one attached hydrogen (secondary N) is 2. The van der Waals surface area contributed by atoms with Crippen molar-refractivity contribution in [3.8, 4) is 0 Å². The number of benzene rings is 1. The van der Waals surface area contributed by atoms with E-state index in [1.165, 1.54) is 10.9 Å². The zero-order valence-corrected chi connectivity index (χ0v) is 12.1. The van der Waals surface area contributed by atoms with Gasteiger partial charge in [-0.05, 0) is 30.4 Å². The predicted octanol–water partition coefficient (Wildman–Crippen LogP) is 3.19. The van der Waals surface area contributed by atoms with E-state index in [1.807, 2.05) is 32.2 Å². The summed E-state index contributed by atoms with van der Waals surface area (Å²) in [5.41, 5.74) is 4.89. The fraction of sp³-hybridized carbons (Fsp3) is 0.438. The van der Waals surface area contributed by atoms with Gasteiger partial charge in [-0.1, -0.05) is 32.0 Å². The van der Waals surface area contributed by atoms with Crippen molar-refractivity contribution in [3.63, 3.8) is 0 Å². The molecule has 0 spiro atoms. The molecule has 0 radical (unpaired) electrons. The third kappa shape index (κ3) is 4.10. The number of H-pyrrole nitrogens is 1. The van der Waals surface area contributed by atoms with Crippen molar-refractivity contribution in [1.29, 1.82) is 0 Å². The van der Waals surface area contributed by atoms with E-state index in [9.17, 15) is 4.79 Å². The number of fused-ring (bicyclic) bond motifs is 1. The number of hydroxylamine groups is 1. The van der Waals surface area contributed by atoms with Gasteiger partial charge in [-0.3, -0.25) is 9.63 Å². The number of aromatic amines is 1. The lowest BCUT2D eigenvalue weighted by Crippen LogP contribution is -2.25. The summed E-state index contributed by atoms with van der Waals surface area (Å²) in [6.07, 6.45) is 4.22. The summed E-state index contributed by atoms with van der Waals surface area (Å²) in [7, 11) is 0. The van der Waals surface area contributed by atoms with Crippen LogP contribution in [0.5, 0.6) is 0 Å². The molecule has 0 saturated carbocycles. The lowest BCUT2D eigenvalue weighted by Gasteiger charge is -2.07. The highest BCUT2D eigenvalue weighted by Crippen LogP contribution is 2.19. The molecule has 0 atom stereocenters. The average Bonchev–Trinajstić information content (AvgIpc) is 2.82. The summed E-state index contributed by atoms with van der Waals surface area (Å²) in [6.45, 7) is 4.64. The molecule has 2 rings (SSSR count). The fourth-order valence-corrected chi connectivity index (χ4v) is 2.12. The van der Waals surface area contributed by atoms with Crippen LogP contribution in [0, 0.1) is 5.92 Å². The smallest absolute Gasteiger partial charge is 0.243 e. The molecule has 4 heteroatoms. The van der Waals surface area contributed by atoms with Gasteiger partial charge in [0.05, 0.1) is 6.61 Å². The van der Waals surface area contributed by atoms with Crippen LogP contribution in [-0.2, 0) is 16.1 Å². The lowest BCUT2D eigenvalue weighted by molar-refractivity contribution is -0.134. The number of hydrogen-bond donors (Lipinski definition) is 2. The quantitative estimate of drug-likeness (QED) is 0.762. The van der Waals surface area contributed by atoms with Crippen molar-refractivity contribution < 1.29 is 9.63 Å². The maximum Gasteiger partial charge on any atom is 0.243 e. The highest BCUT2D eigenvalue weighted by Gasteiger charge is 2.05. The molecule has 1 aromatic carbocycles. The molecule has 1 aromatic heterocycles. The number of carbonyl (C=O) groups is 1. The Kier molecular flexibility index (Phi) is 5.18. The van der Waals surface area contributed by atoms with Crippen molar-refractivity contribution in [3.05, 3.63) is 36.0 Å². The number of rotatable bonds is 7. The maximum atomic E-state index is 11.6. The first-order valence-electron chi connectivity index (χ1n) is 7.12. The zero-order valence-electron chi connectivity index (χ0n) is 12.1. The largest absolute Gasteiger partial charge is 0.361 e. The molecule has 20 heavy (non-hydrogen) atoms. The van der Waals surface area contributed by atoms with Crippen LogP contribution in [0.2, 0.25) is 0 Å². The fourth-order valence-electron chi connectivity index (χ4n) is 2.12. The molecular weight excluding hydrogens is 252 g/mol. The first kappa shape index (κ1) is 14.6. The Bertz CT molecular complexity index is 560. The molecule has 0 unspecified atom stereocenters. The number of aryl methyl sites for hydroxylation is 1. The van der Waals surface area contributed by atoms with Crippen LogP contribution >= 0.6 is 0 Å². The minimum Gasteiger partial charge on any atom is -0.361 e. The predicted molar refractivity (Wildman–Crippen MR) is 80.2 cm³/mol. The van der Waals surface area contributed by atoms with E-state index in [2.05, 4.69) is 22.6 Å². The number of amides is 1. The summed E-state index contributed by atoms with van der Waals surface area (Å²) in [4.78, 5) is 19.9. The molecule has 2 aromatic rings. The van der Waals surface area contributed by atoms with E-state index < -0.39 is 0 Å².